The number of hydrogen-bond acceptors (Lipinski definition) is 5. The molecule has 0 radical (unpaired) electrons. The van der Waals surface area contributed by atoms with Gasteiger partial charge in [-0.3, -0.25) is 9.59 Å². The second kappa shape index (κ2) is 8.10. The lowest BCUT2D eigenvalue weighted by atomic mass is 9.69. The summed E-state index contributed by atoms with van der Waals surface area (Å²) < 4.78 is 0. The van der Waals surface area contributed by atoms with Crippen LogP contribution in [0.5, 0.6) is 0 Å². The topological polar surface area (TPSA) is 74.8 Å². The summed E-state index contributed by atoms with van der Waals surface area (Å²) >= 11 is 1.50. The van der Waals surface area contributed by atoms with Gasteiger partial charge in [-0.15, -0.1) is 0 Å². The van der Waals surface area contributed by atoms with Crippen molar-refractivity contribution in [3.63, 3.8) is 0 Å². The molecule has 1 aliphatic carbocycles. The molecule has 2 aromatic carbocycles. The molecule has 1 atom stereocenters. The molecule has 2 aliphatic rings. The largest absolute Gasteiger partial charge is 0.343 e. The molecule has 162 valence electrons. The predicted octanol–water partition coefficient (Wildman–Crippen LogP) is 5.26. The molecule has 1 aromatic heterocycles. The van der Waals surface area contributed by atoms with Gasteiger partial charge in [-0.2, -0.15) is 0 Å². The van der Waals surface area contributed by atoms with E-state index >= 15 is 0 Å². The summed E-state index contributed by atoms with van der Waals surface area (Å²) in [7, 11) is 0. The average Bonchev–Trinajstić information content (AvgIpc) is 2.77. The molecule has 2 heterocycles. The molecule has 5 rings (SSSR count). The van der Waals surface area contributed by atoms with Crippen LogP contribution in [0.25, 0.3) is 0 Å². The molecule has 0 fully saturated rings. The van der Waals surface area contributed by atoms with Gasteiger partial charge >= 0.3 is 0 Å². The van der Waals surface area contributed by atoms with Crippen LogP contribution in [-0.2, 0) is 10.5 Å². The smallest absolute Gasteiger partial charge is 0.257 e. The van der Waals surface area contributed by atoms with Gasteiger partial charge in [-0.1, -0.05) is 86.3 Å². The van der Waals surface area contributed by atoms with E-state index in [1.54, 1.807) is 0 Å². The minimum atomic E-state index is -0.407. The summed E-state index contributed by atoms with van der Waals surface area (Å²) in [4.78, 5) is 34.3. The van der Waals surface area contributed by atoms with Crippen molar-refractivity contribution in [1.29, 1.82) is 0 Å². The number of nitrogens with zero attached hydrogens (tertiary/aromatic N) is 1. The van der Waals surface area contributed by atoms with Crippen molar-refractivity contribution in [2.45, 2.75) is 43.5 Å². The molecule has 0 saturated carbocycles. The zero-order valence-electron chi connectivity index (χ0n) is 18.1. The lowest BCUT2D eigenvalue weighted by molar-refractivity contribution is -0.118. The third-order valence-corrected chi connectivity index (χ3v) is 7.00. The number of fused-ring (bicyclic) bond motifs is 1. The molecular formula is C26H25N3O2S. The van der Waals surface area contributed by atoms with E-state index in [-0.39, 0.29) is 16.8 Å². The molecule has 6 heteroatoms. The number of rotatable bonds is 4. The number of ketones is 1. The first-order valence-electron chi connectivity index (χ1n) is 10.8. The van der Waals surface area contributed by atoms with Crippen molar-refractivity contribution < 1.29 is 4.79 Å². The molecule has 2 N–H and O–H groups in total. The first kappa shape index (κ1) is 20.8. The van der Waals surface area contributed by atoms with Crippen LogP contribution < -0.4 is 10.9 Å². The number of Topliss-reactive ketones (excluding diaryl/α,β-unsaturated/α-hetero) is 1. The van der Waals surface area contributed by atoms with Gasteiger partial charge in [-0.05, 0) is 23.0 Å². The van der Waals surface area contributed by atoms with Gasteiger partial charge < -0.3 is 10.3 Å². The average molecular weight is 444 g/mol. The normalized spacial score (nSPS) is 19.2. The third-order valence-electron chi connectivity index (χ3n) is 6.05. The van der Waals surface area contributed by atoms with Crippen LogP contribution in [0.15, 0.2) is 81.9 Å². The fourth-order valence-electron chi connectivity index (χ4n) is 4.67. The minimum Gasteiger partial charge on any atom is -0.343 e. The van der Waals surface area contributed by atoms with E-state index in [9.17, 15) is 9.59 Å². The van der Waals surface area contributed by atoms with Gasteiger partial charge in [0.25, 0.3) is 5.56 Å². The number of benzene rings is 2. The van der Waals surface area contributed by atoms with Crippen LogP contribution in [0.3, 0.4) is 0 Å². The lowest BCUT2D eigenvalue weighted by Gasteiger charge is -2.38. The Morgan fingerprint density at radius 1 is 1.00 bits per heavy atom. The zero-order valence-corrected chi connectivity index (χ0v) is 19.0. The number of allylic oxidation sites excluding steroid dienone is 2. The quantitative estimate of drug-likeness (QED) is 0.425. The maximum atomic E-state index is 13.3. The Balaban J connectivity index is 1.59. The van der Waals surface area contributed by atoms with Gasteiger partial charge in [0.2, 0.25) is 0 Å². The second-order valence-corrected chi connectivity index (χ2v) is 10.2. The first-order valence-corrected chi connectivity index (χ1v) is 11.8. The van der Waals surface area contributed by atoms with Crippen molar-refractivity contribution in [2.24, 2.45) is 5.41 Å². The van der Waals surface area contributed by atoms with E-state index < -0.39 is 5.92 Å². The Morgan fingerprint density at radius 3 is 2.41 bits per heavy atom. The van der Waals surface area contributed by atoms with E-state index in [0.29, 0.717) is 34.3 Å². The lowest BCUT2D eigenvalue weighted by Crippen LogP contribution is -2.37. The Labute approximate surface area is 191 Å². The maximum Gasteiger partial charge on any atom is 0.257 e. The highest BCUT2D eigenvalue weighted by Gasteiger charge is 2.42. The summed E-state index contributed by atoms with van der Waals surface area (Å²) in [5, 5.41) is 3.95. The van der Waals surface area contributed by atoms with Crippen LogP contribution in [0.1, 0.15) is 49.3 Å². The van der Waals surface area contributed by atoms with Crippen molar-refractivity contribution in [2.75, 3.05) is 5.32 Å². The Bertz CT molecular complexity index is 1260. The molecule has 1 aliphatic heterocycles. The number of carbonyl (C=O) groups excluding carboxylic acids is 1. The van der Waals surface area contributed by atoms with E-state index in [2.05, 4.69) is 36.3 Å². The number of aromatic amines is 1. The molecule has 3 aromatic rings. The molecule has 0 saturated heterocycles. The highest BCUT2D eigenvalue weighted by Crippen LogP contribution is 2.47. The van der Waals surface area contributed by atoms with Crippen molar-refractivity contribution in [3.8, 4) is 0 Å². The fourth-order valence-corrected chi connectivity index (χ4v) is 5.48. The zero-order chi connectivity index (χ0) is 22.3. The minimum absolute atomic E-state index is 0.102. The molecule has 32 heavy (non-hydrogen) atoms. The van der Waals surface area contributed by atoms with E-state index in [0.717, 1.165) is 23.2 Å². The van der Waals surface area contributed by atoms with Gasteiger partial charge in [0.05, 0.1) is 5.56 Å². The molecular weight excluding hydrogens is 418 g/mol. The van der Waals surface area contributed by atoms with Gasteiger partial charge in [0, 0.05) is 29.4 Å². The maximum absolute atomic E-state index is 13.3. The predicted molar refractivity (Wildman–Crippen MR) is 128 cm³/mol. The third kappa shape index (κ3) is 3.91. The number of H-pyrrole nitrogens is 1. The number of nitrogens with one attached hydrogen (secondary N) is 2. The molecule has 0 bridgehead atoms. The van der Waals surface area contributed by atoms with E-state index in [4.69, 9.17) is 4.98 Å². The summed E-state index contributed by atoms with van der Waals surface area (Å²) in [6, 6.07) is 19.9. The SMILES string of the molecule is CC1(C)CC(=O)C2=C(C1)Nc1nc(SCc3ccccc3)[nH]c(=O)c1[C@@H]2c1ccccc1. The monoisotopic (exact) mass is 443 g/mol. The summed E-state index contributed by atoms with van der Waals surface area (Å²) in [6.07, 6.45) is 1.22. The number of carbonyl (C=O) groups is 1. The van der Waals surface area contributed by atoms with Crippen molar-refractivity contribution in [3.05, 3.63) is 99.0 Å². The van der Waals surface area contributed by atoms with Crippen LogP contribution in [0.2, 0.25) is 0 Å². The molecule has 0 spiro atoms. The number of hydrogen-bond donors (Lipinski definition) is 2. The molecule has 0 unspecified atom stereocenters. The molecule has 5 nitrogen and oxygen atoms in total. The standard InChI is InChI=1S/C26H25N3O2S/c1-26(2)13-18-21(19(30)14-26)20(17-11-7-4-8-12-17)22-23(27-18)28-25(29-24(22)31)32-15-16-9-5-3-6-10-16/h3-12,20H,13-15H2,1-2H3,(H2,27,28,29,31)/t20-/m1/s1. The number of thioether (sulfide) groups is 1. The van der Waals surface area contributed by atoms with E-state index in [1.807, 2.05) is 48.5 Å². The van der Waals surface area contributed by atoms with Gasteiger partial charge in [0.15, 0.2) is 10.9 Å². The van der Waals surface area contributed by atoms with E-state index in [1.165, 1.54) is 11.8 Å². The van der Waals surface area contributed by atoms with Gasteiger partial charge in [0.1, 0.15) is 5.82 Å². The second-order valence-electron chi connectivity index (χ2n) is 9.21. The molecule has 0 amide bonds. The van der Waals surface area contributed by atoms with Crippen LogP contribution in [0.4, 0.5) is 5.82 Å². The van der Waals surface area contributed by atoms with Crippen LogP contribution >= 0.6 is 11.8 Å². The number of aromatic nitrogens is 2. The Kier molecular flexibility index (Phi) is 5.25. The van der Waals surface area contributed by atoms with Crippen molar-refractivity contribution >= 4 is 23.4 Å². The summed E-state index contributed by atoms with van der Waals surface area (Å²) in [5.74, 6) is 0.965. The number of anilines is 1. The first-order chi connectivity index (χ1) is 15.4. The Hall–Kier alpha value is -3.12. The highest BCUT2D eigenvalue weighted by atomic mass is 32.2. The van der Waals surface area contributed by atoms with Crippen LogP contribution in [0, 0.1) is 5.41 Å². The highest BCUT2D eigenvalue weighted by molar-refractivity contribution is 7.98. The van der Waals surface area contributed by atoms with Gasteiger partial charge in [-0.25, -0.2) is 4.98 Å². The van der Waals surface area contributed by atoms with Crippen LogP contribution in [-0.4, -0.2) is 15.8 Å². The summed E-state index contributed by atoms with van der Waals surface area (Å²) in [6.45, 7) is 4.21. The summed E-state index contributed by atoms with van der Waals surface area (Å²) in [5.41, 5.74) is 3.89. The Morgan fingerprint density at radius 2 is 1.69 bits per heavy atom. The fraction of sp³-hybridized carbons (Fsp3) is 0.269. The van der Waals surface area contributed by atoms with Crippen molar-refractivity contribution in [1.82, 2.24) is 9.97 Å².